The lowest BCUT2D eigenvalue weighted by Crippen LogP contribution is -1.99. The SMILES string of the molecule is COc1cc2nn3c(C)ccc3c(-c3ccccc3)c2cc1OC. The molecule has 24 heavy (non-hydrogen) atoms. The van der Waals surface area contributed by atoms with Crippen LogP contribution in [0.2, 0.25) is 0 Å². The van der Waals surface area contributed by atoms with Crippen molar-refractivity contribution in [2.75, 3.05) is 14.2 Å². The Morgan fingerprint density at radius 1 is 0.875 bits per heavy atom. The van der Waals surface area contributed by atoms with E-state index in [9.17, 15) is 0 Å². The number of benzene rings is 2. The summed E-state index contributed by atoms with van der Waals surface area (Å²) in [7, 11) is 3.29. The highest BCUT2D eigenvalue weighted by atomic mass is 16.5. The minimum Gasteiger partial charge on any atom is -0.493 e. The molecule has 4 heteroatoms. The number of fused-ring (bicyclic) bond motifs is 2. The normalized spacial score (nSPS) is 11.1. The van der Waals surface area contributed by atoms with Gasteiger partial charge < -0.3 is 9.47 Å². The zero-order valence-electron chi connectivity index (χ0n) is 13.9. The second kappa shape index (κ2) is 5.57. The quantitative estimate of drug-likeness (QED) is 0.559. The van der Waals surface area contributed by atoms with Crippen molar-refractivity contribution in [3.63, 3.8) is 0 Å². The maximum absolute atomic E-state index is 5.49. The Morgan fingerprint density at radius 3 is 2.29 bits per heavy atom. The summed E-state index contributed by atoms with van der Waals surface area (Å²) in [5.74, 6) is 1.39. The molecule has 0 amide bonds. The van der Waals surface area contributed by atoms with Gasteiger partial charge in [-0.3, -0.25) is 0 Å². The van der Waals surface area contributed by atoms with E-state index >= 15 is 0 Å². The van der Waals surface area contributed by atoms with Crippen molar-refractivity contribution < 1.29 is 9.47 Å². The molecule has 0 bridgehead atoms. The van der Waals surface area contributed by atoms with Crippen LogP contribution >= 0.6 is 0 Å². The topological polar surface area (TPSA) is 35.8 Å². The van der Waals surface area contributed by atoms with Gasteiger partial charge in [0.05, 0.1) is 25.3 Å². The highest BCUT2D eigenvalue weighted by Crippen LogP contribution is 2.38. The van der Waals surface area contributed by atoms with E-state index in [1.165, 1.54) is 0 Å². The summed E-state index contributed by atoms with van der Waals surface area (Å²) >= 11 is 0. The van der Waals surface area contributed by atoms with Crippen molar-refractivity contribution in [2.45, 2.75) is 6.92 Å². The fraction of sp³-hybridized carbons (Fsp3) is 0.150. The second-order valence-electron chi connectivity index (χ2n) is 5.74. The average molecular weight is 318 g/mol. The molecule has 0 unspecified atom stereocenters. The average Bonchev–Trinajstić information content (AvgIpc) is 2.99. The van der Waals surface area contributed by atoms with Crippen LogP contribution in [0.3, 0.4) is 0 Å². The lowest BCUT2D eigenvalue weighted by molar-refractivity contribution is 0.355. The van der Waals surface area contributed by atoms with E-state index in [1.54, 1.807) is 14.2 Å². The summed E-state index contributed by atoms with van der Waals surface area (Å²) in [5, 5.41) is 5.83. The predicted molar refractivity (Wildman–Crippen MR) is 96.0 cm³/mol. The molecule has 0 aliphatic heterocycles. The third-order valence-corrected chi connectivity index (χ3v) is 4.34. The van der Waals surface area contributed by atoms with Crippen LogP contribution in [0, 0.1) is 6.92 Å². The Morgan fingerprint density at radius 2 is 1.58 bits per heavy atom. The maximum atomic E-state index is 5.49. The highest BCUT2D eigenvalue weighted by molar-refractivity contribution is 6.03. The number of methoxy groups -OCH3 is 2. The maximum Gasteiger partial charge on any atom is 0.162 e. The highest BCUT2D eigenvalue weighted by Gasteiger charge is 2.16. The molecule has 4 nitrogen and oxygen atoms in total. The molecule has 0 atom stereocenters. The molecule has 0 saturated heterocycles. The van der Waals surface area contributed by atoms with Crippen molar-refractivity contribution in [3.8, 4) is 22.6 Å². The Labute approximate surface area is 140 Å². The van der Waals surface area contributed by atoms with Crippen molar-refractivity contribution in [2.24, 2.45) is 0 Å². The van der Waals surface area contributed by atoms with E-state index in [2.05, 4.69) is 43.3 Å². The van der Waals surface area contributed by atoms with Gasteiger partial charge in [-0.15, -0.1) is 0 Å². The van der Waals surface area contributed by atoms with Gasteiger partial charge >= 0.3 is 0 Å². The minimum absolute atomic E-state index is 0.681. The number of aromatic nitrogens is 2. The summed E-state index contributed by atoms with van der Waals surface area (Å²) in [4.78, 5) is 0. The van der Waals surface area contributed by atoms with Gasteiger partial charge in [-0.1, -0.05) is 30.3 Å². The number of aryl methyl sites for hydroxylation is 1. The van der Waals surface area contributed by atoms with Crippen LogP contribution in [-0.2, 0) is 0 Å². The number of hydrogen-bond donors (Lipinski definition) is 0. The molecule has 0 radical (unpaired) electrons. The molecular weight excluding hydrogens is 300 g/mol. The van der Waals surface area contributed by atoms with Crippen LogP contribution in [0.25, 0.3) is 27.5 Å². The fourth-order valence-electron chi connectivity index (χ4n) is 3.16. The summed E-state index contributed by atoms with van der Waals surface area (Å²) in [5.41, 5.74) is 5.35. The molecule has 0 fully saturated rings. The first-order valence-electron chi connectivity index (χ1n) is 7.82. The van der Waals surface area contributed by atoms with Gasteiger partial charge in [0, 0.05) is 22.7 Å². The second-order valence-corrected chi connectivity index (χ2v) is 5.74. The smallest absolute Gasteiger partial charge is 0.162 e. The molecule has 120 valence electrons. The van der Waals surface area contributed by atoms with Crippen molar-refractivity contribution in [3.05, 3.63) is 60.3 Å². The monoisotopic (exact) mass is 318 g/mol. The Bertz CT molecular complexity index is 1040. The molecule has 0 aliphatic carbocycles. The molecule has 0 N–H and O–H groups in total. The molecule has 4 aromatic rings. The van der Waals surface area contributed by atoms with Crippen molar-refractivity contribution in [1.29, 1.82) is 0 Å². The van der Waals surface area contributed by atoms with E-state index in [0.29, 0.717) is 11.5 Å². The van der Waals surface area contributed by atoms with Crippen LogP contribution in [-0.4, -0.2) is 23.8 Å². The molecule has 2 aromatic carbocycles. The van der Waals surface area contributed by atoms with Crippen LogP contribution in [0.4, 0.5) is 0 Å². The van der Waals surface area contributed by atoms with Crippen molar-refractivity contribution in [1.82, 2.24) is 9.61 Å². The van der Waals surface area contributed by atoms with Gasteiger partial charge in [-0.2, -0.15) is 5.10 Å². The van der Waals surface area contributed by atoms with Gasteiger partial charge in [0.15, 0.2) is 11.5 Å². The fourth-order valence-corrected chi connectivity index (χ4v) is 3.16. The molecule has 0 spiro atoms. The Hall–Kier alpha value is -3.01. The predicted octanol–water partition coefficient (Wildman–Crippen LogP) is 4.48. The van der Waals surface area contributed by atoms with Gasteiger partial charge in [-0.05, 0) is 30.7 Å². The summed E-state index contributed by atoms with van der Waals surface area (Å²) in [6.45, 7) is 2.06. The first kappa shape index (κ1) is 14.6. The van der Waals surface area contributed by atoms with Crippen molar-refractivity contribution >= 4 is 16.4 Å². The number of hydrogen-bond acceptors (Lipinski definition) is 3. The molecule has 2 aromatic heterocycles. The minimum atomic E-state index is 0.681. The Kier molecular flexibility index (Phi) is 3.38. The number of rotatable bonds is 3. The van der Waals surface area contributed by atoms with Gasteiger partial charge in [-0.25, -0.2) is 4.52 Å². The lowest BCUT2D eigenvalue weighted by Gasteiger charge is -2.14. The van der Waals surface area contributed by atoms with E-state index < -0.39 is 0 Å². The van der Waals surface area contributed by atoms with Gasteiger partial charge in [0.25, 0.3) is 0 Å². The summed E-state index contributed by atoms with van der Waals surface area (Å²) in [6, 6.07) is 18.5. The van der Waals surface area contributed by atoms with Crippen LogP contribution in [0.5, 0.6) is 11.5 Å². The lowest BCUT2D eigenvalue weighted by atomic mass is 10.0. The summed E-state index contributed by atoms with van der Waals surface area (Å²) in [6.07, 6.45) is 0. The van der Waals surface area contributed by atoms with Gasteiger partial charge in [0.1, 0.15) is 0 Å². The molecule has 0 aliphatic rings. The van der Waals surface area contributed by atoms with E-state index in [4.69, 9.17) is 14.6 Å². The molecular formula is C20H18N2O2. The molecule has 4 rings (SSSR count). The Balaban J connectivity index is 2.19. The summed E-state index contributed by atoms with van der Waals surface area (Å²) < 4.78 is 12.9. The van der Waals surface area contributed by atoms with E-state index in [1.807, 2.05) is 22.7 Å². The number of nitrogens with zero attached hydrogens (tertiary/aromatic N) is 2. The van der Waals surface area contributed by atoms with Crippen LogP contribution < -0.4 is 9.47 Å². The number of ether oxygens (including phenoxy) is 2. The van der Waals surface area contributed by atoms with Crippen LogP contribution in [0.1, 0.15) is 5.69 Å². The van der Waals surface area contributed by atoms with Crippen LogP contribution in [0.15, 0.2) is 54.6 Å². The third-order valence-electron chi connectivity index (χ3n) is 4.34. The third kappa shape index (κ3) is 2.11. The first-order valence-corrected chi connectivity index (χ1v) is 7.82. The first-order chi connectivity index (χ1) is 11.7. The van der Waals surface area contributed by atoms with E-state index in [0.717, 1.165) is 33.2 Å². The molecule has 0 saturated carbocycles. The molecule has 2 heterocycles. The largest absolute Gasteiger partial charge is 0.493 e. The van der Waals surface area contributed by atoms with E-state index in [-0.39, 0.29) is 0 Å². The standard InChI is InChI=1S/C20H18N2O2/c1-13-9-10-17-20(14-7-5-4-6-8-14)15-11-18(23-2)19(24-3)12-16(15)21-22(13)17/h4-12H,1-3H3. The zero-order valence-corrected chi connectivity index (χ0v) is 13.9. The zero-order chi connectivity index (χ0) is 16.7. The van der Waals surface area contributed by atoms with Gasteiger partial charge in [0.2, 0.25) is 0 Å².